The summed E-state index contributed by atoms with van der Waals surface area (Å²) in [6.45, 7) is 10.2. The van der Waals surface area contributed by atoms with Crippen LogP contribution in [0.25, 0.3) is 0 Å². The Morgan fingerprint density at radius 2 is 1.00 bits per heavy atom. The number of ketones is 2. The first-order valence-corrected chi connectivity index (χ1v) is 12.7. The molecule has 2 aromatic carbocycles. The van der Waals surface area contributed by atoms with E-state index in [9.17, 15) is 19.2 Å². The number of benzene rings is 2. The number of hydrogen-bond acceptors (Lipinski definition) is 6. The van der Waals surface area contributed by atoms with Crippen LogP contribution >= 0.6 is 31.9 Å². The van der Waals surface area contributed by atoms with Crippen LogP contribution in [0.1, 0.15) is 62.3 Å². The second kappa shape index (κ2) is 8.85. The number of anilines is 2. The summed E-state index contributed by atoms with van der Waals surface area (Å²) in [7, 11) is 0. The van der Waals surface area contributed by atoms with Crippen LogP contribution < -0.4 is 9.80 Å². The van der Waals surface area contributed by atoms with Gasteiger partial charge in [0.1, 0.15) is 22.6 Å². The maximum atomic E-state index is 13.7. The number of nitrogens with zero attached hydrogens (tertiary/aromatic N) is 2. The highest BCUT2D eigenvalue weighted by Crippen LogP contribution is 2.45. The van der Waals surface area contributed by atoms with Crippen LogP contribution in [0.4, 0.5) is 21.0 Å². The largest absolute Gasteiger partial charge is 0.443 e. The molecule has 36 heavy (non-hydrogen) atoms. The van der Waals surface area contributed by atoms with Gasteiger partial charge in [0.25, 0.3) is 0 Å². The van der Waals surface area contributed by atoms with E-state index in [1.165, 1.54) is 0 Å². The lowest BCUT2D eigenvalue weighted by Gasteiger charge is -2.28. The quantitative estimate of drug-likeness (QED) is 0.295. The first-order chi connectivity index (χ1) is 16.6. The van der Waals surface area contributed by atoms with Gasteiger partial charge in [-0.1, -0.05) is 31.9 Å². The van der Waals surface area contributed by atoms with Gasteiger partial charge in [0.05, 0.1) is 11.4 Å². The fraction of sp³-hybridized carbons (Fsp3) is 0.308. The van der Waals surface area contributed by atoms with E-state index in [4.69, 9.17) is 9.47 Å². The Kier molecular flexibility index (Phi) is 6.41. The molecule has 0 N–H and O–H groups in total. The van der Waals surface area contributed by atoms with E-state index >= 15 is 0 Å². The van der Waals surface area contributed by atoms with E-state index in [1.54, 1.807) is 77.9 Å². The molecule has 2 heterocycles. The van der Waals surface area contributed by atoms with Crippen molar-refractivity contribution in [1.82, 2.24) is 0 Å². The van der Waals surface area contributed by atoms with Crippen molar-refractivity contribution < 1.29 is 28.7 Å². The van der Waals surface area contributed by atoms with Crippen LogP contribution in [0.2, 0.25) is 0 Å². The number of amides is 2. The second-order valence-corrected chi connectivity index (χ2v) is 12.1. The van der Waals surface area contributed by atoms with Crippen LogP contribution in [0, 0.1) is 0 Å². The molecule has 2 aliphatic heterocycles. The molecule has 0 saturated heterocycles. The SMILES string of the molecule is CC(C)(C)OC(=O)N1/C(=C2\C(=O)c3ccc(Br)cc3N2C(=O)OC(C)(C)C)C(=O)c2ccc(Br)cc21. The number of ether oxygens (including phenoxy) is 2. The third-order valence-electron chi connectivity index (χ3n) is 5.14. The Hall–Kier alpha value is -2.98. The van der Waals surface area contributed by atoms with Crippen LogP contribution in [0.5, 0.6) is 0 Å². The summed E-state index contributed by atoms with van der Waals surface area (Å²) in [5, 5.41) is 0. The van der Waals surface area contributed by atoms with Crippen molar-refractivity contribution in [3.63, 3.8) is 0 Å². The van der Waals surface area contributed by atoms with Gasteiger partial charge < -0.3 is 9.47 Å². The maximum Gasteiger partial charge on any atom is 0.419 e. The number of carbonyl (C=O) groups is 4. The molecule has 0 saturated carbocycles. The van der Waals surface area contributed by atoms with Gasteiger partial charge in [-0.2, -0.15) is 0 Å². The Labute approximate surface area is 225 Å². The molecular formula is C26H24Br2N2O6. The smallest absolute Gasteiger partial charge is 0.419 e. The number of halogens is 2. The van der Waals surface area contributed by atoms with Crippen molar-refractivity contribution in [3.05, 3.63) is 67.9 Å². The predicted octanol–water partition coefficient (Wildman–Crippen LogP) is 7.00. The first kappa shape index (κ1) is 26.1. The highest BCUT2D eigenvalue weighted by Gasteiger charge is 2.48. The Morgan fingerprint density at radius 1 is 0.667 bits per heavy atom. The molecule has 0 aliphatic carbocycles. The average Bonchev–Trinajstić information content (AvgIpc) is 3.15. The fourth-order valence-electron chi connectivity index (χ4n) is 3.88. The Bertz CT molecular complexity index is 1260. The third kappa shape index (κ3) is 4.71. The van der Waals surface area contributed by atoms with Gasteiger partial charge in [-0.15, -0.1) is 0 Å². The van der Waals surface area contributed by atoms with Crippen molar-refractivity contribution in [2.45, 2.75) is 52.7 Å². The Balaban J connectivity index is 2.01. The zero-order chi connectivity index (χ0) is 26.7. The lowest BCUT2D eigenvalue weighted by molar-refractivity contribution is 0.0571. The maximum absolute atomic E-state index is 13.7. The summed E-state index contributed by atoms with van der Waals surface area (Å²) in [6, 6.07) is 9.59. The molecule has 2 aromatic rings. The number of rotatable bonds is 0. The molecule has 2 aliphatic rings. The van der Waals surface area contributed by atoms with Crippen molar-refractivity contribution in [1.29, 1.82) is 0 Å². The monoisotopic (exact) mass is 618 g/mol. The molecule has 2 amide bonds. The molecule has 0 fully saturated rings. The molecule has 0 bridgehead atoms. The van der Waals surface area contributed by atoms with E-state index in [-0.39, 0.29) is 33.9 Å². The lowest BCUT2D eigenvalue weighted by Crippen LogP contribution is -2.40. The standard InChI is InChI=1S/C26H24Br2N2O6/c1-25(2,3)35-23(33)29-17-11-13(27)7-9-15(17)21(31)19(29)20-22(32)16-10-8-14(28)12-18(16)30(20)24(34)36-26(4,5)6/h7-12H,1-6H3/b20-19+. The number of carbonyl (C=O) groups excluding carboxylic acids is 4. The number of allylic oxidation sites excluding steroid dienone is 2. The summed E-state index contributed by atoms with van der Waals surface area (Å²) in [5.41, 5.74) is -1.46. The van der Waals surface area contributed by atoms with E-state index in [0.29, 0.717) is 8.95 Å². The minimum absolute atomic E-state index is 0.195. The van der Waals surface area contributed by atoms with Gasteiger partial charge in [0.15, 0.2) is 0 Å². The summed E-state index contributed by atoms with van der Waals surface area (Å²) in [6.07, 6.45) is -1.71. The van der Waals surface area contributed by atoms with Gasteiger partial charge >= 0.3 is 12.2 Å². The summed E-state index contributed by atoms with van der Waals surface area (Å²) < 4.78 is 12.4. The zero-order valence-electron chi connectivity index (χ0n) is 20.6. The average molecular weight is 620 g/mol. The molecule has 0 radical (unpaired) electrons. The van der Waals surface area contributed by atoms with E-state index in [2.05, 4.69) is 31.9 Å². The van der Waals surface area contributed by atoms with Crippen molar-refractivity contribution >= 4 is 67.0 Å². The molecule has 4 rings (SSSR count). The molecule has 10 heteroatoms. The van der Waals surface area contributed by atoms with Crippen molar-refractivity contribution in [2.24, 2.45) is 0 Å². The van der Waals surface area contributed by atoms with Gasteiger partial charge in [-0.05, 0) is 77.9 Å². The molecule has 8 nitrogen and oxygen atoms in total. The molecule has 188 valence electrons. The third-order valence-corrected chi connectivity index (χ3v) is 6.13. The summed E-state index contributed by atoms with van der Waals surface area (Å²) >= 11 is 6.75. The lowest BCUT2D eigenvalue weighted by atomic mass is 10.1. The first-order valence-electron chi connectivity index (χ1n) is 11.1. The molecule has 0 aromatic heterocycles. The number of fused-ring (bicyclic) bond motifs is 2. The molecular weight excluding hydrogens is 596 g/mol. The van der Waals surface area contributed by atoms with Crippen LogP contribution in [-0.2, 0) is 9.47 Å². The van der Waals surface area contributed by atoms with Crippen LogP contribution in [0.15, 0.2) is 56.7 Å². The van der Waals surface area contributed by atoms with Gasteiger partial charge in [0.2, 0.25) is 11.6 Å². The van der Waals surface area contributed by atoms with E-state index in [0.717, 1.165) is 9.80 Å². The van der Waals surface area contributed by atoms with Gasteiger partial charge in [-0.3, -0.25) is 9.59 Å². The zero-order valence-corrected chi connectivity index (χ0v) is 23.7. The highest BCUT2D eigenvalue weighted by atomic mass is 79.9. The van der Waals surface area contributed by atoms with Crippen LogP contribution in [0.3, 0.4) is 0 Å². The molecule has 0 atom stereocenters. The van der Waals surface area contributed by atoms with Gasteiger partial charge in [0, 0.05) is 20.1 Å². The number of Topliss-reactive ketones (excluding diaryl/α,β-unsaturated/α-hetero) is 2. The minimum atomic E-state index is -0.886. The van der Waals surface area contributed by atoms with E-state index < -0.39 is 35.0 Å². The topological polar surface area (TPSA) is 93.2 Å². The normalized spacial score (nSPS) is 17.3. The summed E-state index contributed by atoms with van der Waals surface area (Å²) in [5.74, 6) is -1.18. The highest BCUT2D eigenvalue weighted by molar-refractivity contribution is 9.10. The van der Waals surface area contributed by atoms with Crippen molar-refractivity contribution in [2.75, 3.05) is 9.80 Å². The number of hydrogen-bond donors (Lipinski definition) is 0. The Morgan fingerprint density at radius 3 is 1.31 bits per heavy atom. The minimum Gasteiger partial charge on any atom is -0.443 e. The molecule has 0 unspecified atom stereocenters. The predicted molar refractivity (Wildman–Crippen MR) is 141 cm³/mol. The van der Waals surface area contributed by atoms with Crippen LogP contribution in [-0.4, -0.2) is 35.0 Å². The van der Waals surface area contributed by atoms with E-state index in [1.807, 2.05) is 0 Å². The van der Waals surface area contributed by atoms with Crippen molar-refractivity contribution in [3.8, 4) is 0 Å². The second-order valence-electron chi connectivity index (χ2n) is 10.3. The molecule has 0 spiro atoms. The fourth-order valence-corrected chi connectivity index (χ4v) is 4.58. The van der Waals surface area contributed by atoms with Gasteiger partial charge in [-0.25, -0.2) is 19.4 Å². The summed E-state index contributed by atoms with van der Waals surface area (Å²) in [4.78, 5) is 56.4.